The summed E-state index contributed by atoms with van der Waals surface area (Å²) in [6, 6.07) is 7.04. The van der Waals surface area contributed by atoms with Gasteiger partial charge in [-0.05, 0) is 27.4 Å². The molecule has 3 nitrogen and oxygen atoms in total. The Hall–Kier alpha value is -1.29. The Morgan fingerprint density at radius 2 is 2.00 bits per heavy atom. The summed E-state index contributed by atoms with van der Waals surface area (Å²) < 4.78 is 1.56. The van der Waals surface area contributed by atoms with Crippen molar-refractivity contribution in [3.05, 3.63) is 39.1 Å². The van der Waals surface area contributed by atoms with Gasteiger partial charge in [-0.2, -0.15) is 0 Å². The lowest BCUT2D eigenvalue weighted by atomic mass is 10.2. The Bertz CT molecular complexity index is 560. The first-order valence-corrected chi connectivity index (χ1v) is 4.86. The third kappa shape index (κ3) is 1.14. The van der Waals surface area contributed by atoms with Crippen molar-refractivity contribution in [3.8, 4) is 5.75 Å². The Kier molecular flexibility index (Phi) is 2.07. The molecule has 0 aliphatic heterocycles. The van der Waals surface area contributed by atoms with E-state index in [1.165, 1.54) is 4.57 Å². The molecular weight excluding hydrogens is 246 g/mol. The van der Waals surface area contributed by atoms with Crippen molar-refractivity contribution in [1.82, 2.24) is 4.57 Å². The molecule has 14 heavy (non-hydrogen) atoms. The van der Waals surface area contributed by atoms with Crippen LogP contribution in [0.25, 0.3) is 10.9 Å². The molecule has 72 valence electrons. The minimum Gasteiger partial charge on any atom is -0.871 e. The highest BCUT2D eigenvalue weighted by Crippen LogP contribution is 2.26. The average Bonchev–Trinajstić information content (AvgIpc) is 2.23. The Labute approximate surface area is 88.7 Å². The van der Waals surface area contributed by atoms with Gasteiger partial charge in [-0.15, -0.1) is 0 Å². The van der Waals surface area contributed by atoms with Crippen LogP contribution in [0.4, 0.5) is 0 Å². The third-order valence-corrected chi connectivity index (χ3v) is 2.90. The topological polar surface area (TPSA) is 45.1 Å². The van der Waals surface area contributed by atoms with Crippen LogP contribution in [-0.2, 0) is 7.05 Å². The Morgan fingerprint density at radius 3 is 2.71 bits per heavy atom. The van der Waals surface area contributed by atoms with Crippen molar-refractivity contribution in [2.24, 2.45) is 7.05 Å². The fourth-order valence-corrected chi connectivity index (χ4v) is 1.91. The summed E-state index contributed by atoms with van der Waals surface area (Å²) >= 11 is 3.01. The average molecular weight is 253 g/mol. The monoisotopic (exact) mass is 252 g/mol. The number of aromatic nitrogens is 1. The second-order valence-electron chi connectivity index (χ2n) is 3.02. The van der Waals surface area contributed by atoms with Crippen molar-refractivity contribution in [2.45, 2.75) is 0 Å². The van der Waals surface area contributed by atoms with Gasteiger partial charge < -0.3 is 9.67 Å². The van der Waals surface area contributed by atoms with Crippen molar-refractivity contribution in [3.63, 3.8) is 0 Å². The van der Waals surface area contributed by atoms with Gasteiger partial charge in [-0.1, -0.05) is 23.9 Å². The minimum atomic E-state index is -0.298. The smallest absolute Gasteiger partial charge is 0.264 e. The molecule has 0 spiro atoms. The molecule has 0 atom stereocenters. The van der Waals surface area contributed by atoms with Crippen LogP contribution in [0.5, 0.6) is 5.75 Å². The van der Waals surface area contributed by atoms with E-state index in [4.69, 9.17) is 0 Å². The molecule has 1 aromatic carbocycles. The van der Waals surface area contributed by atoms with Gasteiger partial charge in [0.05, 0.1) is 9.99 Å². The number of hydrogen-bond acceptors (Lipinski definition) is 2. The molecule has 0 N–H and O–H groups in total. The van der Waals surface area contributed by atoms with Gasteiger partial charge in [-0.3, -0.25) is 4.79 Å². The van der Waals surface area contributed by atoms with Gasteiger partial charge in [0.15, 0.2) is 0 Å². The van der Waals surface area contributed by atoms with E-state index in [-0.39, 0.29) is 15.8 Å². The van der Waals surface area contributed by atoms with Crippen LogP contribution in [0.2, 0.25) is 0 Å². The van der Waals surface area contributed by atoms with Crippen molar-refractivity contribution in [2.75, 3.05) is 0 Å². The maximum Gasteiger partial charge on any atom is 0.264 e. The number of benzene rings is 1. The number of fused-ring (bicyclic) bond motifs is 1. The van der Waals surface area contributed by atoms with E-state index in [2.05, 4.69) is 15.9 Å². The van der Waals surface area contributed by atoms with Gasteiger partial charge >= 0.3 is 0 Å². The van der Waals surface area contributed by atoms with Crippen molar-refractivity contribution >= 4 is 26.8 Å². The van der Waals surface area contributed by atoms with Crippen molar-refractivity contribution in [1.29, 1.82) is 0 Å². The Morgan fingerprint density at radius 1 is 1.36 bits per heavy atom. The van der Waals surface area contributed by atoms with Crippen LogP contribution in [-0.4, -0.2) is 4.57 Å². The molecule has 0 aliphatic rings. The fourth-order valence-electron chi connectivity index (χ4n) is 1.43. The quantitative estimate of drug-likeness (QED) is 0.711. The molecule has 1 heterocycles. The van der Waals surface area contributed by atoms with Crippen molar-refractivity contribution < 1.29 is 5.11 Å². The zero-order valence-electron chi connectivity index (χ0n) is 7.45. The number of aryl methyl sites for hydroxylation is 1. The highest BCUT2D eigenvalue weighted by molar-refractivity contribution is 9.10. The van der Waals surface area contributed by atoms with E-state index in [1.54, 1.807) is 31.3 Å². The third-order valence-electron chi connectivity index (χ3n) is 2.20. The van der Waals surface area contributed by atoms with Crippen LogP contribution in [0.3, 0.4) is 0 Å². The van der Waals surface area contributed by atoms with Gasteiger partial charge in [0.1, 0.15) is 0 Å². The first-order valence-electron chi connectivity index (χ1n) is 4.07. The van der Waals surface area contributed by atoms with E-state index >= 15 is 0 Å². The summed E-state index contributed by atoms with van der Waals surface area (Å²) in [6.07, 6.45) is 0. The highest BCUT2D eigenvalue weighted by Gasteiger charge is 2.05. The van der Waals surface area contributed by atoms with E-state index in [1.807, 2.05) is 0 Å². The lowest BCUT2D eigenvalue weighted by Crippen LogP contribution is -2.19. The predicted octanol–water partition coefficient (Wildman–Crippen LogP) is 1.37. The molecular formula is C10H7BrNO2-. The van der Waals surface area contributed by atoms with Gasteiger partial charge in [-0.25, -0.2) is 0 Å². The predicted molar refractivity (Wildman–Crippen MR) is 56.3 cm³/mol. The summed E-state index contributed by atoms with van der Waals surface area (Å²) in [7, 11) is 1.65. The number of nitrogens with zero attached hydrogens (tertiary/aromatic N) is 1. The van der Waals surface area contributed by atoms with Crippen LogP contribution in [0.15, 0.2) is 33.5 Å². The van der Waals surface area contributed by atoms with Crippen LogP contribution in [0.1, 0.15) is 0 Å². The zero-order chi connectivity index (χ0) is 10.3. The van der Waals surface area contributed by atoms with E-state index in [0.717, 1.165) is 0 Å². The minimum absolute atomic E-state index is 0.0960. The molecule has 0 saturated heterocycles. The van der Waals surface area contributed by atoms with Crippen LogP contribution in [0, 0.1) is 0 Å². The maximum absolute atomic E-state index is 11.6. The summed E-state index contributed by atoms with van der Waals surface area (Å²) in [5, 5.41) is 12.2. The second kappa shape index (κ2) is 3.13. The number of hydrogen-bond donors (Lipinski definition) is 0. The fraction of sp³-hybridized carbons (Fsp3) is 0.100. The molecule has 4 heteroatoms. The maximum atomic E-state index is 11.6. The van der Waals surface area contributed by atoms with Crippen LogP contribution >= 0.6 is 15.9 Å². The molecule has 0 saturated carbocycles. The number of para-hydroxylation sites is 1. The second-order valence-corrected chi connectivity index (χ2v) is 3.82. The summed E-state index contributed by atoms with van der Waals surface area (Å²) in [5.74, 6) is -0.247. The molecule has 0 unspecified atom stereocenters. The summed E-state index contributed by atoms with van der Waals surface area (Å²) in [5.41, 5.74) is 0.361. The Balaban J connectivity index is 3.10. The molecule has 0 bridgehead atoms. The van der Waals surface area contributed by atoms with Gasteiger partial charge in [0.25, 0.3) is 5.56 Å². The zero-order valence-corrected chi connectivity index (χ0v) is 9.04. The van der Waals surface area contributed by atoms with E-state index in [9.17, 15) is 9.90 Å². The molecule has 2 rings (SSSR count). The lowest BCUT2D eigenvalue weighted by molar-refractivity contribution is -0.267. The number of rotatable bonds is 0. The molecule has 0 radical (unpaired) electrons. The molecule has 0 amide bonds. The SMILES string of the molecule is Cn1c(=O)c(Br)c([O-])c2ccccc21. The first-order chi connectivity index (χ1) is 6.63. The normalized spacial score (nSPS) is 10.7. The van der Waals surface area contributed by atoms with Gasteiger partial charge in [0, 0.05) is 7.05 Å². The standard InChI is InChI=1S/C10H8BrNO2/c1-12-7-5-3-2-4-6(7)9(13)8(11)10(12)14/h2-5,13H,1H3/p-1. The van der Waals surface area contributed by atoms with E-state index in [0.29, 0.717) is 10.9 Å². The van der Waals surface area contributed by atoms with Crippen LogP contribution < -0.4 is 10.7 Å². The summed E-state index contributed by atoms with van der Waals surface area (Å²) in [4.78, 5) is 11.5. The molecule has 1 aromatic heterocycles. The van der Waals surface area contributed by atoms with E-state index < -0.39 is 0 Å². The first kappa shape index (κ1) is 9.27. The largest absolute Gasteiger partial charge is 0.871 e. The highest BCUT2D eigenvalue weighted by atomic mass is 79.9. The number of halogens is 1. The molecule has 0 aliphatic carbocycles. The lowest BCUT2D eigenvalue weighted by Gasteiger charge is -2.15. The molecule has 0 fully saturated rings. The number of pyridine rings is 1. The van der Waals surface area contributed by atoms with Gasteiger partial charge in [0.2, 0.25) is 0 Å². The summed E-state index contributed by atoms with van der Waals surface area (Å²) in [6.45, 7) is 0. The molecule has 2 aromatic rings.